The number of amides is 2. The molecule has 174 valence electrons. The van der Waals surface area contributed by atoms with Crippen LogP contribution in [0.25, 0.3) is 5.57 Å². The molecule has 0 saturated carbocycles. The highest BCUT2D eigenvalue weighted by Gasteiger charge is 2.40. The van der Waals surface area contributed by atoms with Crippen LogP contribution in [0.5, 0.6) is 11.5 Å². The molecule has 0 atom stereocenters. The fourth-order valence-electron chi connectivity index (χ4n) is 3.89. The molecular formula is C28H28N2O4. The third-order valence-electron chi connectivity index (χ3n) is 5.69. The summed E-state index contributed by atoms with van der Waals surface area (Å²) in [6, 6.07) is 22.0. The second-order valence-corrected chi connectivity index (χ2v) is 8.26. The molecule has 6 nitrogen and oxygen atoms in total. The van der Waals surface area contributed by atoms with Crippen molar-refractivity contribution in [3.05, 3.63) is 89.6 Å². The largest absolute Gasteiger partial charge is 0.497 e. The summed E-state index contributed by atoms with van der Waals surface area (Å²) in [7, 11) is 1.58. The lowest BCUT2D eigenvalue weighted by Crippen LogP contribution is -2.32. The summed E-state index contributed by atoms with van der Waals surface area (Å²) in [5.74, 6) is 0.908. The van der Waals surface area contributed by atoms with E-state index in [1.807, 2.05) is 49.4 Å². The van der Waals surface area contributed by atoms with Gasteiger partial charge in [-0.3, -0.25) is 9.59 Å². The lowest BCUT2D eigenvalue weighted by molar-refractivity contribution is -0.120. The van der Waals surface area contributed by atoms with E-state index in [9.17, 15) is 9.59 Å². The molecule has 6 heteroatoms. The van der Waals surface area contributed by atoms with Crippen LogP contribution < -0.4 is 19.7 Å². The first kappa shape index (κ1) is 23.1. The van der Waals surface area contributed by atoms with Crippen molar-refractivity contribution in [2.45, 2.75) is 26.7 Å². The predicted molar refractivity (Wildman–Crippen MR) is 134 cm³/mol. The van der Waals surface area contributed by atoms with Gasteiger partial charge in [-0.15, -0.1) is 0 Å². The summed E-state index contributed by atoms with van der Waals surface area (Å²) in [6.07, 6.45) is 0. The normalized spacial score (nSPS) is 13.6. The van der Waals surface area contributed by atoms with Crippen LogP contribution in [0.1, 0.15) is 37.8 Å². The van der Waals surface area contributed by atoms with Crippen LogP contribution in [0.3, 0.4) is 0 Å². The number of carbonyl (C=O) groups excluding carboxylic acids is 2. The van der Waals surface area contributed by atoms with E-state index in [0.29, 0.717) is 46.5 Å². The molecular weight excluding hydrogens is 428 g/mol. The molecule has 1 heterocycles. The van der Waals surface area contributed by atoms with Crippen LogP contribution in [0, 0.1) is 0 Å². The summed E-state index contributed by atoms with van der Waals surface area (Å²) >= 11 is 0. The summed E-state index contributed by atoms with van der Waals surface area (Å²) in [5.41, 5.74) is 3.48. The van der Waals surface area contributed by atoms with Gasteiger partial charge in [0.1, 0.15) is 17.2 Å². The molecule has 3 aromatic rings. The van der Waals surface area contributed by atoms with Gasteiger partial charge in [0.15, 0.2) is 0 Å². The van der Waals surface area contributed by atoms with Crippen molar-refractivity contribution in [1.82, 2.24) is 0 Å². The highest BCUT2D eigenvalue weighted by Crippen LogP contribution is 2.35. The van der Waals surface area contributed by atoms with Crippen LogP contribution in [0.2, 0.25) is 0 Å². The minimum atomic E-state index is -0.408. The zero-order chi connectivity index (χ0) is 24.2. The molecule has 4 rings (SSSR count). The van der Waals surface area contributed by atoms with Crippen LogP contribution >= 0.6 is 0 Å². The first-order chi connectivity index (χ1) is 16.4. The summed E-state index contributed by atoms with van der Waals surface area (Å²) in [5, 5.41) is 3.17. The topological polar surface area (TPSA) is 67.9 Å². The highest BCUT2D eigenvalue weighted by atomic mass is 16.5. The van der Waals surface area contributed by atoms with Gasteiger partial charge in [0.05, 0.1) is 25.0 Å². The maximum absolute atomic E-state index is 13.6. The zero-order valence-corrected chi connectivity index (χ0v) is 19.8. The number of hydrogen-bond donors (Lipinski definition) is 1. The highest BCUT2D eigenvalue weighted by molar-refractivity contribution is 6.46. The first-order valence-corrected chi connectivity index (χ1v) is 11.3. The zero-order valence-electron chi connectivity index (χ0n) is 19.8. The average molecular weight is 457 g/mol. The summed E-state index contributed by atoms with van der Waals surface area (Å²) in [4.78, 5) is 28.4. The maximum atomic E-state index is 13.6. The third kappa shape index (κ3) is 4.53. The summed E-state index contributed by atoms with van der Waals surface area (Å²) in [6.45, 7) is 6.66. The van der Waals surface area contributed by atoms with E-state index in [4.69, 9.17) is 9.47 Å². The monoisotopic (exact) mass is 456 g/mol. The van der Waals surface area contributed by atoms with Gasteiger partial charge in [-0.2, -0.15) is 0 Å². The molecule has 0 unspecified atom stereocenters. The first-order valence-electron chi connectivity index (χ1n) is 11.3. The smallest absolute Gasteiger partial charge is 0.282 e. The number of nitrogens with one attached hydrogen (secondary N) is 1. The van der Waals surface area contributed by atoms with Crippen molar-refractivity contribution in [1.29, 1.82) is 0 Å². The standard InChI is InChI=1S/C28H28N2O4/c1-5-34-23-15-11-20(12-16-23)25-26(29-21-7-6-8-24(17-21)33-4)28(32)30(27(25)31)22-13-9-19(10-14-22)18(2)3/h6-18,29H,5H2,1-4H3. The Hall–Kier alpha value is -4.06. The number of nitrogens with zero attached hydrogens (tertiary/aromatic N) is 1. The van der Waals surface area contributed by atoms with Crippen molar-refractivity contribution in [3.8, 4) is 11.5 Å². The molecule has 0 saturated heterocycles. The Bertz CT molecular complexity index is 1230. The lowest BCUT2D eigenvalue weighted by Gasteiger charge is -2.16. The Balaban J connectivity index is 1.76. The van der Waals surface area contributed by atoms with Gasteiger partial charge in [-0.05, 0) is 60.4 Å². The Kier molecular flexibility index (Phi) is 6.68. The van der Waals surface area contributed by atoms with E-state index in [0.717, 1.165) is 5.56 Å². The second kappa shape index (κ2) is 9.83. The second-order valence-electron chi connectivity index (χ2n) is 8.26. The van der Waals surface area contributed by atoms with Gasteiger partial charge in [0.2, 0.25) is 0 Å². The van der Waals surface area contributed by atoms with Gasteiger partial charge in [-0.25, -0.2) is 4.90 Å². The Labute approximate surface area is 199 Å². The molecule has 0 aromatic heterocycles. The molecule has 2 amide bonds. The molecule has 0 bridgehead atoms. The van der Waals surface area contributed by atoms with E-state index < -0.39 is 5.91 Å². The third-order valence-corrected chi connectivity index (χ3v) is 5.69. The number of anilines is 2. The molecule has 0 spiro atoms. The summed E-state index contributed by atoms with van der Waals surface area (Å²) < 4.78 is 10.8. The van der Waals surface area contributed by atoms with Gasteiger partial charge in [0.25, 0.3) is 11.8 Å². The van der Waals surface area contributed by atoms with Gasteiger partial charge in [-0.1, -0.05) is 44.2 Å². The van der Waals surface area contributed by atoms with E-state index in [1.54, 1.807) is 37.4 Å². The lowest BCUT2D eigenvalue weighted by atomic mass is 10.0. The quantitative estimate of drug-likeness (QED) is 0.446. The van der Waals surface area contributed by atoms with Crippen molar-refractivity contribution in [2.24, 2.45) is 0 Å². The van der Waals surface area contributed by atoms with Gasteiger partial charge in [0, 0.05) is 11.8 Å². The number of benzene rings is 3. The molecule has 3 aromatic carbocycles. The molecule has 0 radical (unpaired) electrons. The van der Waals surface area contributed by atoms with E-state index in [-0.39, 0.29) is 11.6 Å². The Morgan fingerprint density at radius 2 is 1.59 bits per heavy atom. The van der Waals surface area contributed by atoms with Crippen molar-refractivity contribution < 1.29 is 19.1 Å². The fraction of sp³-hybridized carbons (Fsp3) is 0.214. The van der Waals surface area contributed by atoms with Gasteiger partial charge < -0.3 is 14.8 Å². The Morgan fingerprint density at radius 3 is 2.21 bits per heavy atom. The number of ether oxygens (including phenoxy) is 2. The minimum absolute atomic E-state index is 0.218. The molecule has 0 fully saturated rings. The average Bonchev–Trinajstić information content (AvgIpc) is 3.09. The van der Waals surface area contributed by atoms with E-state index >= 15 is 0 Å². The molecule has 1 aliphatic heterocycles. The minimum Gasteiger partial charge on any atom is -0.497 e. The SMILES string of the molecule is CCOc1ccc(C2=C(Nc3cccc(OC)c3)C(=O)N(c3ccc(C(C)C)cc3)C2=O)cc1. The van der Waals surface area contributed by atoms with E-state index in [2.05, 4.69) is 19.2 Å². The predicted octanol–water partition coefficient (Wildman–Crippen LogP) is 5.61. The molecule has 1 aliphatic rings. The Morgan fingerprint density at radius 1 is 0.882 bits per heavy atom. The maximum Gasteiger partial charge on any atom is 0.282 e. The van der Waals surface area contributed by atoms with Crippen molar-refractivity contribution in [2.75, 3.05) is 23.9 Å². The van der Waals surface area contributed by atoms with Crippen molar-refractivity contribution >= 4 is 28.8 Å². The van der Waals surface area contributed by atoms with Crippen molar-refractivity contribution in [3.63, 3.8) is 0 Å². The molecule has 0 aliphatic carbocycles. The fourth-order valence-corrected chi connectivity index (χ4v) is 3.89. The number of imide groups is 1. The van der Waals surface area contributed by atoms with E-state index in [1.165, 1.54) is 4.90 Å². The van der Waals surface area contributed by atoms with Gasteiger partial charge >= 0.3 is 0 Å². The number of hydrogen-bond acceptors (Lipinski definition) is 5. The molecule has 34 heavy (non-hydrogen) atoms. The number of methoxy groups -OCH3 is 1. The van der Waals surface area contributed by atoms with Crippen LogP contribution in [-0.4, -0.2) is 25.5 Å². The van der Waals surface area contributed by atoms with Crippen LogP contribution in [-0.2, 0) is 9.59 Å². The molecule has 1 N–H and O–H groups in total. The number of rotatable bonds is 8. The number of carbonyl (C=O) groups is 2. The van der Waals surface area contributed by atoms with Crippen LogP contribution in [0.15, 0.2) is 78.5 Å². The van der Waals surface area contributed by atoms with Crippen LogP contribution in [0.4, 0.5) is 11.4 Å².